The summed E-state index contributed by atoms with van der Waals surface area (Å²) in [5.41, 5.74) is 2.02. The number of rotatable bonds is 3. The minimum Gasteiger partial charge on any atom is -0.387 e. The highest BCUT2D eigenvalue weighted by atomic mass is 16.3. The molecule has 2 atom stereocenters. The van der Waals surface area contributed by atoms with E-state index in [2.05, 4.69) is 10.3 Å². The predicted octanol–water partition coefficient (Wildman–Crippen LogP) is 1.81. The van der Waals surface area contributed by atoms with E-state index in [-0.39, 0.29) is 6.04 Å². The number of likely N-dealkylation sites (N-methyl/N-ethyl adjacent to an activating group) is 1. The van der Waals surface area contributed by atoms with Gasteiger partial charge in [-0.1, -0.05) is 18.2 Å². The number of hydrogen-bond acceptors (Lipinski definition) is 2. The summed E-state index contributed by atoms with van der Waals surface area (Å²) in [6.45, 7) is 1.96. The summed E-state index contributed by atoms with van der Waals surface area (Å²) in [6.07, 6.45) is 1.40. The lowest BCUT2D eigenvalue weighted by molar-refractivity contribution is 0.141. The van der Waals surface area contributed by atoms with Crippen molar-refractivity contribution < 1.29 is 5.11 Å². The van der Waals surface area contributed by atoms with Gasteiger partial charge in [0.1, 0.15) is 0 Å². The van der Waals surface area contributed by atoms with Gasteiger partial charge in [0, 0.05) is 28.7 Å². The Balaban J connectivity index is 2.43. The highest BCUT2D eigenvalue weighted by molar-refractivity contribution is 5.83. The summed E-state index contributed by atoms with van der Waals surface area (Å²) in [4.78, 5) is 3.16. The van der Waals surface area contributed by atoms with E-state index in [4.69, 9.17) is 0 Å². The van der Waals surface area contributed by atoms with Crippen LogP contribution in [0.25, 0.3) is 10.9 Å². The summed E-state index contributed by atoms with van der Waals surface area (Å²) < 4.78 is 0. The molecule has 2 rings (SSSR count). The van der Waals surface area contributed by atoms with Crippen molar-refractivity contribution in [1.29, 1.82) is 0 Å². The van der Waals surface area contributed by atoms with Gasteiger partial charge in [-0.15, -0.1) is 0 Å². The first-order chi connectivity index (χ1) is 7.24. The topological polar surface area (TPSA) is 48.0 Å². The van der Waals surface area contributed by atoms with Crippen LogP contribution in [-0.2, 0) is 0 Å². The average molecular weight is 204 g/mol. The third-order valence-electron chi connectivity index (χ3n) is 2.87. The number of aromatic nitrogens is 1. The molecule has 2 aromatic rings. The monoisotopic (exact) mass is 204 g/mol. The lowest BCUT2D eigenvalue weighted by Crippen LogP contribution is -2.28. The van der Waals surface area contributed by atoms with Gasteiger partial charge in [0.05, 0.1) is 6.10 Å². The normalized spacial score (nSPS) is 15.4. The predicted molar refractivity (Wildman–Crippen MR) is 61.8 cm³/mol. The molecule has 3 N–H and O–H groups in total. The molecule has 3 nitrogen and oxygen atoms in total. The molecule has 0 saturated heterocycles. The van der Waals surface area contributed by atoms with Crippen LogP contribution >= 0.6 is 0 Å². The van der Waals surface area contributed by atoms with Gasteiger partial charge in [-0.05, 0) is 20.0 Å². The first-order valence-corrected chi connectivity index (χ1v) is 5.15. The molecule has 1 aromatic heterocycles. The van der Waals surface area contributed by atoms with E-state index < -0.39 is 6.10 Å². The van der Waals surface area contributed by atoms with E-state index in [0.29, 0.717) is 0 Å². The summed E-state index contributed by atoms with van der Waals surface area (Å²) in [7, 11) is 1.85. The van der Waals surface area contributed by atoms with Crippen molar-refractivity contribution in [1.82, 2.24) is 10.3 Å². The first-order valence-electron chi connectivity index (χ1n) is 5.15. The maximum Gasteiger partial charge on any atom is 0.0960 e. The van der Waals surface area contributed by atoms with Crippen LogP contribution in [0, 0.1) is 0 Å². The molecule has 0 aliphatic rings. The molecule has 15 heavy (non-hydrogen) atoms. The number of aliphatic hydroxyl groups excluding tert-OH is 1. The second kappa shape index (κ2) is 4.04. The van der Waals surface area contributed by atoms with E-state index >= 15 is 0 Å². The van der Waals surface area contributed by atoms with Gasteiger partial charge in [-0.25, -0.2) is 0 Å². The third-order valence-corrected chi connectivity index (χ3v) is 2.87. The third kappa shape index (κ3) is 1.76. The van der Waals surface area contributed by atoms with Crippen molar-refractivity contribution in [2.45, 2.75) is 19.1 Å². The van der Waals surface area contributed by atoms with E-state index in [1.54, 1.807) is 0 Å². The average Bonchev–Trinajstić information content (AvgIpc) is 2.70. The number of para-hydroxylation sites is 1. The highest BCUT2D eigenvalue weighted by Crippen LogP contribution is 2.25. The number of aromatic amines is 1. The van der Waals surface area contributed by atoms with Gasteiger partial charge >= 0.3 is 0 Å². The van der Waals surface area contributed by atoms with Crippen molar-refractivity contribution >= 4 is 10.9 Å². The number of fused-ring (bicyclic) bond motifs is 1. The Morgan fingerprint density at radius 2 is 2.07 bits per heavy atom. The summed E-state index contributed by atoms with van der Waals surface area (Å²) in [5, 5.41) is 14.2. The molecule has 1 heterocycles. The molecule has 0 aliphatic heterocycles. The SMILES string of the molecule is CNC(C)C(O)c1c[nH]c2ccccc12. The van der Waals surface area contributed by atoms with Crippen LogP contribution in [0.1, 0.15) is 18.6 Å². The molecule has 0 fully saturated rings. The van der Waals surface area contributed by atoms with Crippen LogP contribution in [0.4, 0.5) is 0 Å². The molecule has 1 aromatic carbocycles. The lowest BCUT2D eigenvalue weighted by Gasteiger charge is -2.17. The molecule has 80 valence electrons. The number of H-pyrrole nitrogens is 1. The van der Waals surface area contributed by atoms with Crippen molar-refractivity contribution in [2.75, 3.05) is 7.05 Å². The molecular weight excluding hydrogens is 188 g/mol. The van der Waals surface area contributed by atoms with Gasteiger partial charge in [0.2, 0.25) is 0 Å². The lowest BCUT2D eigenvalue weighted by atomic mass is 10.0. The van der Waals surface area contributed by atoms with E-state index in [1.165, 1.54) is 0 Å². The summed E-state index contributed by atoms with van der Waals surface area (Å²) >= 11 is 0. The standard InChI is InChI=1S/C12H16N2O/c1-8(13-2)12(15)10-7-14-11-6-4-3-5-9(10)11/h3-8,12-15H,1-2H3. The van der Waals surface area contributed by atoms with E-state index in [1.807, 2.05) is 44.4 Å². The minimum absolute atomic E-state index is 0.0456. The van der Waals surface area contributed by atoms with Crippen molar-refractivity contribution in [3.8, 4) is 0 Å². The Labute approximate surface area is 89.1 Å². The number of aliphatic hydroxyl groups is 1. The second-order valence-corrected chi connectivity index (χ2v) is 3.81. The Morgan fingerprint density at radius 3 is 2.80 bits per heavy atom. The molecular formula is C12H16N2O. The Kier molecular flexibility index (Phi) is 2.75. The van der Waals surface area contributed by atoms with Crippen LogP contribution in [-0.4, -0.2) is 23.2 Å². The quantitative estimate of drug-likeness (QED) is 0.714. The molecule has 0 bridgehead atoms. The Bertz CT molecular complexity index is 450. The summed E-state index contributed by atoms with van der Waals surface area (Å²) in [5.74, 6) is 0. The molecule has 0 aliphatic carbocycles. The van der Waals surface area contributed by atoms with Gasteiger partial charge in [0.15, 0.2) is 0 Å². The van der Waals surface area contributed by atoms with Crippen LogP contribution in [0.15, 0.2) is 30.5 Å². The van der Waals surface area contributed by atoms with Crippen LogP contribution in [0.2, 0.25) is 0 Å². The fraction of sp³-hybridized carbons (Fsp3) is 0.333. The van der Waals surface area contributed by atoms with E-state index in [9.17, 15) is 5.11 Å². The molecule has 0 spiro atoms. The summed E-state index contributed by atoms with van der Waals surface area (Å²) in [6, 6.07) is 8.04. The smallest absolute Gasteiger partial charge is 0.0960 e. The molecule has 0 amide bonds. The van der Waals surface area contributed by atoms with Crippen LogP contribution in [0.3, 0.4) is 0 Å². The number of benzene rings is 1. The zero-order valence-corrected chi connectivity index (χ0v) is 8.99. The van der Waals surface area contributed by atoms with E-state index in [0.717, 1.165) is 16.5 Å². The second-order valence-electron chi connectivity index (χ2n) is 3.81. The van der Waals surface area contributed by atoms with Gasteiger partial charge in [-0.3, -0.25) is 0 Å². The van der Waals surface area contributed by atoms with Gasteiger partial charge in [-0.2, -0.15) is 0 Å². The van der Waals surface area contributed by atoms with Gasteiger partial charge < -0.3 is 15.4 Å². The fourth-order valence-electron chi connectivity index (χ4n) is 1.77. The zero-order chi connectivity index (χ0) is 10.8. The van der Waals surface area contributed by atoms with Gasteiger partial charge in [0.25, 0.3) is 0 Å². The van der Waals surface area contributed by atoms with Crippen molar-refractivity contribution in [3.63, 3.8) is 0 Å². The Hall–Kier alpha value is -1.32. The molecule has 0 saturated carbocycles. The fourth-order valence-corrected chi connectivity index (χ4v) is 1.77. The Morgan fingerprint density at radius 1 is 1.33 bits per heavy atom. The van der Waals surface area contributed by atoms with Crippen LogP contribution in [0.5, 0.6) is 0 Å². The largest absolute Gasteiger partial charge is 0.387 e. The van der Waals surface area contributed by atoms with Crippen molar-refractivity contribution in [3.05, 3.63) is 36.0 Å². The maximum absolute atomic E-state index is 10.1. The molecule has 2 unspecified atom stereocenters. The molecule has 0 radical (unpaired) electrons. The zero-order valence-electron chi connectivity index (χ0n) is 8.99. The van der Waals surface area contributed by atoms with Crippen molar-refractivity contribution in [2.24, 2.45) is 0 Å². The first kappa shape index (κ1) is 10.2. The maximum atomic E-state index is 10.1. The highest BCUT2D eigenvalue weighted by Gasteiger charge is 2.17. The minimum atomic E-state index is -0.480. The molecule has 3 heteroatoms. The number of hydrogen-bond donors (Lipinski definition) is 3. The number of nitrogens with one attached hydrogen (secondary N) is 2. The van der Waals surface area contributed by atoms with Crippen LogP contribution < -0.4 is 5.32 Å².